The van der Waals surface area contributed by atoms with Gasteiger partial charge in [0, 0.05) is 12.8 Å². The van der Waals surface area contributed by atoms with Gasteiger partial charge in [-0.25, -0.2) is 0 Å². The largest absolute Gasteiger partial charge is 0.466 e. The molecule has 0 aromatic rings. The second-order valence-electron chi connectivity index (χ2n) is 6.24. The third-order valence-electron chi connectivity index (χ3n) is 3.70. The lowest BCUT2D eigenvalue weighted by Crippen LogP contribution is -2.16. The summed E-state index contributed by atoms with van der Waals surface area (Å²) in [6.45, 7) is 8.31. The van der Waals surface area contributed by atoms with E-state index in [0.29, 0.717) is 26.2 Å². The molecule has 0 amide bonds. The summed E-state index contributed by atoms with van der Waals surface area (Å²) in [5.41, 5.74) is 0. The molecular formula is C21H38O4. The molecule has 0 aromatic carbocycles. The lowest BCUT2D eigenvalue weighted by molar-refractivity contribution is -0.143. The average molecular weight is 355 g/mol. The maximum Gasteiger partial charge on any atom is 0.305 e. The SMILES string of the molecule is CCCCOC(=O)CCCCCC#CC(OCCCC)OCCCC. The van der Waals surface area contributed by atoms with Crippen molar-refractivity contribution in [2.24, 2.45) is 0 Å². The van der Waals surface area contributed by atoms with Gasteiger partial charge < -0.3 is 14.2 Å². The Hall–Kier alpha value is -1.05. The Kier molecular flexibility index (Phi) is 18.5. The number of esters is 1. The number of rotatable bonds is 16. The van der Waals surface area contributed by atoms with Gasteiger partial charge in [0.2, 0.25) is 6.29 Å². The zero-order valence-corrected chi connectivity index (χ0v) is 16.6. The second kappa shape index (κ2) is 19.3. The first kappa shape index (κ1) is 23.9. The van der Waals surface area contributed by atoms with E-state index in [9.17, 15) is 4.79 Å². The Labute approximate surface area is 155 Å². The molecule has 0 unspecified atom stereocenters. The van der Waals surface area contributed by atoms with Crippen LogP contribution in [0.1, 0.15) is 91.4 Å². The molecule has 0 rings (SSSR count). The molecule has 0 aliphatic carbocycles. The predicted octanol–water partition coefficient (Wildman–Crippen LogP) is 5.24. The standard InChI is InChI=1S/C21H38O4/c1-4-7-17-23-20(22)15-13-11-10-12-14-16-21(24-18-8-5-2)25-19-9-6-3/h21H,4-13,15,17-19H2,1-3H3. The summed E-state index contributed by atoms with van der Waals surface area (Å²) in [6.07, 6.45) is 10.1. The summed E-state index contributed by atoms with van der Waals surface area (Å²) in [4.78, 5) is 11.5. The first-order valence-corrected chi connectivity index (χ1v) is 10.1. The Balaban J connectivity index is 3.80. The summed E-state index contributed by atoms with van der Waals surface area (Å²) >= 11 is 0. The lowest BCUT2D eigenvalue weighted by atomic mass is 10.1. The molecule has 0 atom stereocenters. The average Bonchev–Trinajstić information content (AvgIpc) is 2.61. The van der Waals surface area contributed by atoms with Gasteiger partial charge in [-0.2, -0.15) is 0 Å². The molecule has 0 saturated carbocycles. The van der Waals surface area contributed by atoms with Crippen molar-refractivity contribution in [3.63, 3.8) is 0 Å². The van der Waals surface area contributed by atoms with E-state index < -0.39 is 6.29 Å². The van der Waals surface area contributed by atoms with Gasteiger partial charge in [0.1, 0.15) is 0 Å². The minimum atomic E-state index is -0.397. The van der Waals surface area contributed by atoms with E-state index in [1.807, 2.05) is 0 Å². The number of hydrogen-bond acceptors (Lipinski definition) is 4. The number of hydrogen-bond donors (Lipinski definition) is 0. The van der Waals surface area contributed by atoms with Crippen LogP contribution in [-0.4, -0.2) is 32.1 Å². The van der Waals surface area contributed by atoms with Crippen LogP contribution in [0, 0.1) is 11.8 Å². The molecule has 0 heterocycles. The van der Waals surface area contributed by atoms with Gasteiger partial charge >= 0.3 is 5.97 Å². The molecule has 146 valence electrons. The molecule has 0 fully saturated rings. The highest BCUT2D eigenvalue weighted by Gasteiger charge is 2.04. The molecule has 0 aliphatic rings. The van der Waals surface area contributed by atoms with Crippen molar-refractivity contribution in [1.82, 2.24) is 0 Å². The van der Waals surface area contributed by atoms with E-state index >= 15 is 0 Å². The van der Waals surface area contributed by atoms with Crippen LogP contribution in [0.2, 0.25) is 0 Å². The maximum absolute atomic E-state index is 11.5. The highest BCUT2D eigenvalue weighted by Crippen LogP contribution is 2.05. The van der Waals surface area contributed by atoms with E-state index in [-0.39, 0.29) is 5.97 Å². The van der Waals surface area contributed by atoms with Crippen LogP contribution in [0.3, 0.4) is 0 Å². The molecule has 0 aromatic heterocycles. The van der Waals surface area contributed by atoms with Crippen molar-refractivity contribution in [2.75, 3.05) is 19.8 Å². The van der Waals surface area contributed by atoms with Crippen molar-refractivity contribution in [3.8, 4) is 11.8 Å². The third kappa shape index (κ3) is 17.6. The van der Waals surface area contributed by atoms with Crippen LogP contribution in [0.5, 0.6) is 0 Å². The summed E-state index contributed by atoms with van der Waals surface area (Å²) in [7, 11) is 0. The highest BCUT2D eigenvalue weighted by atomic mass is 16.7. The molecule has 4 heteroatoms. The first-order chi connectivity index (χ1) is 12.2. The number of carbonyl (C=O) groups excluding carboxylic acids is 1. The van der Waals surface area contributed by atoms with Crippen LogP contribution in [0.25, 0.3) is 0 Å². The Morgan fingerprint density at radius 1 is 0.800 bits per heavy atom. The van der Waals surface area contributed by atoms with E-state index in [4.69, 9.17) is 14.2 Å². The van der Waals surface area contributed by atoms with Crippen LogP contribution < -0.4 is 0 Å². The van der Waals surface area contributed by atoms with Crippen molar-refractivity contribution in [3.05, 3.63) is 0 Å². The van der Waals surface area contributed by atoms with E-state index in [0.717, 1.165) is 64.2 Å². The molecule has 4 nitrogen and oxygen atoms in total. The summed E-state index contributed by atoms with van der Waals surface area (Å²) in [5.74, 6) is 6.16. The minimum absolute atomic E-state index is 0.0757. The fourth-order valence-corrected chi connectivity index (χ4v) is 2.02. The van der Waals surface area contributed by atoms with E-state index in [1.165, 1.54) is 0 Å². The number of unbranched alkanes of at least 4 members (excludes halogenated alkanes) is 6. The van der Waals surface area contributed by atoms with Gasteiger partial charge in [0.25, 0.3) is 0 Å². The van der Waals surface area contributed by atoms with Crippen molar-refractivity contribution in [2.45, 2.75) is 97.7 Å². The van der Waals surface area contributed by atoms with E-state index in [1.54, 1.807) is 0 Å². The Bertz CT molecular complexity index is 347. The van der Waals surface area contributed by atoms with Crippen molar-refractivity contribution in [1.29, 1.82) is 0 Å². The zero-order valence-electron chi connectivity index (χ0n) is 16.6. The molecule has 0 aliphatic heterocycles. The van der Waals surface area contributed by atoms with Crippen LogP contribution in [0.4, 0.5) is 0 Å². The molecule has 25 heavy (non-hydrogen) atoms. The van der Waals surface area contributed by atoms with Gasteiger partial charge in [-0.15, -0.1) is 0 Å². The Morgan fingerprint density at radius 3 is 2.00 bits per heavy atom. The molecule has 0 N–H and O–H groups in total. The molecule has 0 saturated heterocycles. The van der Waals surface area contributed by atoms with Crippen LogP contribution >= 0.6 is 0 Å². The zero-order chi connectivity index (χ0) is 18.6. The maximum atomic E-state index is 11.5. The number of ether oxygens (including phenoxy) is 3. The first-order valence-electron chi connectivity index (χ1n) is 10.1. The molecule has 0 radical (unpaired) electrons. The van der Waals surface area contributed by atoms with Crippen LogP contribution in [-0.2, 0) is 19.0 Å². The second-order valence-corrected chi connectivity index (χ2v) is 6.24. The van der Waals surface area contributed by atoms with Gasteiger partial charge in [-0.3, -0.25) is 4.79 Å². The monoisotopic (exact) mass is 354 g/mol. The van der Waals surface area contributed by atoms with E-state index in [2.05, 4.69) is 32.6 Å². The summed E-state index contributed by atoms with van der Waals surface area (Å²) in [6, 6.07) is 0. The van der Waals surface area contributed by atoms with Crippen molar-refractivity contribution < 1.29 is 19.0 Å². The van der Waals surface area contributed by atoms with Gasteiger partial charge in [0.15, 0.2) is 0 Å². The van der Waals surface area contributed by atoms with Gasteiger partial charge in [-0.1, -0.05) is 52.4 Å². The fourth-order valence-electron chi connectivity index (χ4n) is 2.02. The topological polar surface area (TPSA) is 44.8 Å². The lowest BCUT2D eigenvalue weighted by Gasteiger charge is -2.12. The Morgan fingerprint density at radius 2 is 1.40 bits per heavy atom. The van der Waals surface area contributed by atoms with Gasteiger partial charge in [-0.05, 0) is 38.0 Å². The predicted molar refractivity (Wildman–Crippen MR) is 102 cm³/mol. The van der Waals surface area contributed by atoms with Crippen molar-refractivity contribution >= 4 is 5.97 Å². The fraction of sp³-hybridized carbons (Fsp3) is 0.857. The summed E-state index contributed by atoms with van der Waals surface area (Å²) in [5, 5.41) is 0. The van der Waals surface area contributed by atoms with Crippen LogP contribution in [0.15, 0.2) is 0 Å². The summed E-state index contributed by atoms with van der Waals surface area (Å²) < 4.78 is 16.5. The molecular weight excluding hydrogens is 316 g/mol. The smallest absolute Gasteiger partial charge is 0.305 e. The number of carbonyl (C=O) groups is 1. The molecule has 0 bridgehead atoms. The normalized spacial score (nSPS) is 10.6. The highest BCUT2D eigenvalue weighted by molar-refractivity contribution is 5.69. The minimum Gasteiger partial charge on any atom is -0.466 e. The third-order valence-corrected chi connectivity index (χ3v) is 3.70. The van der Waals surface area contributed by atoms with Gasteiger partial charge in [0.05, 0.1) is 19.8 Å². The quantitative estimate of drug-likeness (QED) is 0.164. The molecule has 0 spiro atoms.